The standard InChI is InChI=1S/C13H19O6PS4/c14-23(15,16)9-3-7-20-11-5-1-2-6-12(11)22-13(20)21-8-4-10-24(17,18)19/h1-2,5-6,20H,3-4,7-10H2,(H,14,15,16)(H,17,18,19). The van der Waals surface area contributed by atoms with E-state index in [0.717, 1.165) is 4.90 Å². The minimum Gasteiger partial charge on any atom is -0.286 e. The van der Waals surface area contributed by atoms with Crippen LogP contribution in [-0.2, 0) is 20.2 Å². The van der Waals surface area contributed by atoms with Gasteiger partial charge in [0.25, 0.3) is 20.2 Å². The molecular formula is C13H19O6PS4. The summed E-state index contributed by atoms with van der Waals surface area (Å²) in [5.74, 6) is 0.0903. The van der Waals surface area contributed by atoms with E-state index < -0.39 is 27.8 Å². The van der Waals surface area contributed by atoms with Crippen LogP contribution >= 0.6 is 31.1 Å². The molecule has 24 heavy (non-hydrogen) atoms. The van der Waals surface area contributed by atoms with Crippen LogP contribution in [0, 0.1) is 0 Å². The molecule has 0 fully saturated rings. The summed E-state index contributed by atoms with van der Waals surface area (Å²) in [5, 5.41) is 1.24. The Hall–Kier alpha value is 0.0400. The largest absolute Gasteiger partial charge is 0.286 e. The van der Waals surface area contributed by atoms with Gasteiger partial charge < -0.3 is 0 Å². The number of hydrogen-bond acceptors (Lipinski definition) is 6. The molecule has 1 aromatic carbocycles. The van der Waals surface area contributed by atoms with E-state index in [1.165, 1.54) is 9.26 Å². The van der Waals surface area contributed by atoms with E-state index in [-0.39, 0.29) is 11.5 Å². The fraction of sp³-hybridized carbons (Fsp3) is 0.462. The number of hydrogen-bond donors (Lipinski definition) is 2. The second-order valence-electron chi connectivity index (χ2n) is 5.24. The lowest BCUT2D eigenvalue weighted by atomic mass is 10.4. The van der Waals surface area contributed by atoms with Crippen molar-refractivity contribution < 1.29 is 25.9 Å². The van der Waals surface area contributed by atoms with Gasteiger partial charge >= 0.3 is 0 Å². The number of rotatable bonds is 9. The van der Waals surface area contributed by atoms with Crippen molar-refractivity contribution in [1.29, 1.82) is 0 Å². The molecule has 11 heteroatoms. The van der Waals surface area contributed by atoms with Crippen molar-refractivity contribution in [2.75, 3.05) is 23.4 Å². The molecule has 0 bridgehead atoms. The van der Waals surface area contributed by atoms with Crippen molar-refractivity contribution in [1.82, 2.24) is 0 Å². The molecule has 0 aliphatic carbocycles. The van der Waals surface area contributed by atoms with Gasteiger partial charge in [-0.1, -0.05) is 37.5 Å². The molecule has 0 aromatic heterocycles. The van der Waals surface area contributed by atoms with Crippen LogP contribution in [0.1, 0.15) is 12.8 Å². The molecule has 1 aromatic rings. The van der Waals surface area contributed by atoms with Crippen LogP contribution in [0.2, 0.25) is 0 Å². The highest BCUT2D eigenvalue weighted by atomic mass is 32.2. The van der Waals surface area contributed by atoms with Crippen LogP contribution in [0.15, 0.2) is 29.2 Å². The Morgan fingerprint density at radius 1 is 1.00 bits per heavy atom. The van der Waals surface area contributed by atoms with Gasteiger partial charge in [0.1, 0.15) is 0 Å². The summed E-state index contributed by atoms with van der Waals surface area (Å²) in [5.41, 5.74) is 0. The maximum Gasteiger partial charge on any atom is 0.264 e. The zero-order valence-electron chi connectivity index (χ0n) is 12.7. The maximum atomic E-state index is 10.9. The fourth-order valence-electron chi connectivity index (χ4n) is 2.27. The molecular weight excluding hydrogens is 411 g/mol. The summed E-state index contributed by atoms with van der Waals surface area (Å²) < 4.78 is 62.2. The lowest BCUT2D eigenvalue weighted by Crippen LogP contribution is -2.07. The van der Waals surface area contributed by atoms with Gasteiger partial charge in [-0.05, 0) is 36.1 Å². The van der Waals surface area contributed by atoms with E-state index in [2.05, 4.69) is 6.07 Å². The Kier molecular flexibility index (Phi) is 7.31. The molecule has 6 nitrogen and oxygen atoms in total. The molecule has 1 aliphatic rings. The molecule has 1 aliphatic heterocycles. The molecule has 0 spiro atoms. The van der Waals surface area contributed by atoms with Crippen LogP contribution in [0.3, 0.4) is 0 Å². The summed E-state index contributed by atoms with van der Waals surface area (Å²) in [6.45, 7) is 0. The fourth-order valence-corrected chi connectivity index (χ4v) is 11.0. The average Bonchev–Trinajstić information content (AvgIpc) is 2.80. The third-order valence-electron chi connectivity index (χ3n) is 3.27. The number of fused-ring (bicyclic) bond motifs is 1. The Balaban J connectivity index is 2.04. The molecule has 0 radical (unpaired) electrons. The molecule has 2 N–H and O–H groups in total. The average molecular weight is 431 g/mol. The highest BCUT2D eigenvalue weighted by Crippen LogP contribution is 2.46. The van der Waals surface area contributed by atoms with Crippen LogP contribution in [0.5, 0.6) is 0 Å². The van der Waals surface area contributed by atoms with E-state index in [1.807, 2.05) is 18.2 Å². The van der Waals surface area contributed by atoms with Crippen molar-refractivity contribution >= 4 is 60.6 Å². The molecule has 0 saturated carbocycles. The zero-order valence-corrected chi connectivity index (χ0v) is 17.0. The first kappa shape index (κ1) is 20.4. The first-order valence-electron chi connectivity index (χ1n) is 7.19. The minimum atomic E-state index is -3.95. The van der Waals surface area contributed by atoms with E-state index in [9.17, 15) is 16.8 Å². The Morgan fingerprint density at radius 2 is 1.62 bits per heavy atom. The molecule has 0 amide bonds. The molecule has 0 saturated heterocycles. The third-order valence-corrected chi connectivity index (χ3v) is 11.8. The lowest BCUT2D eigenvalue weighted by molar-refractivity contribution is 0.480. The normalized spacial score (nSPS) is 17.9. The van der Waals surface area contributed by atoms with E-state index in [4.69, 9.17) is 9.11 Å². The molecule has 136 valence electrons. The summed E-state index contributed by atoms with van der Waals surface area (Å²) in [4.78, 5) is 1.16. The van der Waals surface area contributed by atoms with Gasteiger partial charge in [0.05, 0.1) is 11.5 Å². The van der Waals surface area contributed by atoms with Crippen LogP contribution in [0.4, 0.5) is 0 Å². The van der Waals surface area contributed by atoms with Gasteiger partial charge in [0, 0.05) is 8.85 Å². The second kappa shape index (κ2) is 8.62. The molecule has 1 atom stereocenters. The lowest BCUT2D eigenvalue weighted by Gasteiger charge is -2.08. The number of thioether (sulfide) groups is 2. The van der Waals surface area contributed by atoms with Crippen molar-refractivity contribution in [3.63, 3.8) is 0 Å². The third kappa shape index (κ3) is 6.74. The number of benzene rings is 1. The molecule has 1 heterocycles. The predicted molar refractivity (Wildman–Crippen MR) is 105 cm³/mol. The molecule has 2 rings (SSSR count). The second-order valence-corrected chi connectivity index (χ2v) is 14.0. The van der Waals surface area contributed by atoms with E-state index in [1.54, 1.807) is 23.5 Å². The van der Waals surface area contributed by atoms with Gasteiger partial charge in [-0.3, -0.25) is 9.11 Å². The Morgan fingerprint density at radius 3 is 2.29 bits per heavy atom. The topological polar surface area (TPSA) is 109 Å². The van der Waals surface area contributed by atoms with Crippen LogP contribution < -0.4 is 5.30 Å². The summed E-state index contributed by atoms with van der Waals surface area (Å²) >= 11 is 3.25. The van der Waals surface area contributed by atoms with Gasteiger partial charge in [-0.25, -0.2) is 0 Å². The van der Waals surface area contributed by atoms with Crippen LogP contribution in [-0.4, -0.2) is 53.3 Å². The van der Waals surface area contributed by atoms with Crippen LogP contribution in [0.25, 0.3) is 0 Å². The minimum absolute atomic E-state index is 0.241. The van der Waals surface area contributed by atoms with Crippen molar-refractivity contribution in [2.24, 2.45) is 0 Å². The Bertz CT molecular complexity index is 832. The molecule has 1 unspecified atom stereocenters. The van der Waals surface area contributed by atoms with Gasteiger partial charge in [-0.15, -0.1) is 11.8 Å². The quantitative estimate of drug-likeness (QED) is 0.348. The monoisotopic (exact) mass is 430 g/mol. The van der Waals surface area contributed by atoms with E-state index in [0.29, 0.717) is 24.8 Å². The van der Waals surface area contributed by atoms with Gasteiger partial charge in [0.15, 0.2) is 0 Å². The zero-order chi connectivity index (χ0) is 17.8. The Labute approximate surface area is 151 Å². The van der Waals surface area contributed by atoms with Crippen molar-refractivity contribution in [3.05, 3.63) is 24.3 Å². The summed E-state index contributed by atoms with van der Waals surface area (Å²) in [6.07, 6.45) is 1.47. The highest BCUT2D eigenvalue weighted by Gasteiger charge is 2.21. The summed E-state index contributed by atoms with van der Waals surface area (Å²) in [6, 6.07) is 7.99. The first-order chi connectivity index (χ1) is 11.2. The van der Waals surface area contributed by atoms with Gasteiger partial charge in [0.2, 0.25) is 0 Å². The van der Waals surface area contributed by atoms with Gasteiger partial charge in [-0.2, -0.15) is 16.8 Å². The SMILES string of the molecule is O=S(=O)(O)CCCSC1=[PH](CCCS(=O)(=O)O)c2ccccc2S1. The first-order valence-corrected chi connectivity index (χ1v) is 13.9. The van der Waals surface area contributed by atoms with Crippen molar-refractivity contribution in [3.8, 4) is 0 Å². The predicted octanol–water partition coefficient (Wildman–Crippen LogP) is 2.01. The summed E-state index contributed by atoms with van der Waals surface area (Å²) in [7, 11) is -8.97. The highest BCUT2D eigenvalue weighted by molar-refractivity contribution is 8.46. The van der Waals surface area contributed by atoms with Crippen molar-refractivity contribution in [2.45, 2.75) is 17.7 Å². The smallest absolute Gasteiger partial charge is 0.264 e. The maximum absolute atomic E-state index is 10.9. The van der Waals surface area contributed by atoms with E-state index >= 15 is 0 Å².